The van der Waals surface area contributed by atoms with E-state index in [1.165, 1.54) is 11.3 Å². The number of rotatable bonds is 6. The molecule has 0 radical (unpaired) electrons. The van der Waals surface area contributed by atoms with Crippen molar-refractivity contribution in [3.05, 3.63) is 51.8 Å². The molecule has 1 heterocycles. The van der Waals surface area contributed by atoms with E-state index in [1.54, 1.807) is 0 Å². The Morgan fingerprint density at radius 2 is 2.00 bits per heavy atom. The Morgan fingerprint density at radius 3 is 2.65 bits per heavy atom. The van der Waals surface area contributed by atoms with Gasteiger partial charge in [-0.1, -0.05) is 41.1 Å². The smallest absolute Gasteiger partial charge is 0.0624 e. The van der Waals surface area contributed by atoms with Crippen molar-refractivity contribution in [3.63, 3.8) is 0 Å². The predicted octanol–water partition coefficient (Wildman–Crippen LogP) is 3.34. The molecular formula is C16H22BrN3. The highest BCUT2D eigenvalue weighted by Gasteiger charge is 2.12. The average Bonchev–Trinajstić information content (AvgIpc) is 2.83. The van der Waals surface area contributed by atoms with Crippen LogP contribution < -0.4 is 5.73 Å². The fourth-order valence-corrected chi connectivity index (χ4v) is 2.86. The zero-order valence-electron chi connectivity index (χ0n) is 12.1. The van der Waals surface area contributed by atoms with Gasteiger partial charge in [-0.05, 0) is 37.5 Å². The first-order valence-corrected chi connectivity index (χ1v) is 7.97. The van der Waals surface area contributed by atoms with Crippen LogP contribution in [0.1, 0.15) is 30.8 Å². The first-order chi connectivity index (χ1) is 9.63. The standard InChI is InChI=1S/C16H22BrN3/c1-3-14-11-15(20(4-2)19-14)10-13(18)9-12-7-5-6-8-16(12)17/h5-8,11,13H,3-4,9-10,18H2,1-2H3. The van der Waals surface area contributed by atoms with E-state index >= 15 is 0 Å². The van der Waals surface area contributed by atoms with Crippen molar-refractivity contribution in [1.29, 1.82) is 0 Å². The summed E-state index contributed by atoms with van der Waals surface area (Å²) in [5.74, 6) is 0. The average molecular weight is 336 g/mol. The third-order valence-electron chi connectivity index (χ3n) is 3.49. The summed E-state index contributed by atoms with van der Waals surface area (Å²) in [6, 6.07) is 10.6. The molecule has 1 aromatic heterocycles. The maximum absolute atomic E-state index is 6.32. The van der Waals surface area contributed by atoms with E-state index in [1.807, 2.05) is 6.07 Å². The number of aryl methyl sites for hydroxylation is 2. The van der Waals surface area contributed by atoms with E-state index in [0.29, 0.717) is 0 Å². The molecule has 0 spiro atoms. The van der Waals surface area contributed by atoms with Crippen molar-refractivity contribution in [3.8, 4) is 0 Å². The largest absolute Gasteiger partial charge is 0.327 e. The van der Waals surface area contributed by atoms with Crippen LogP contribution in [0, 0.1) is 0 Å². The Hall–Kier alpha value is -1.13. The number of hydrogen-bond donors (Lipinski definition) is 1. The van der Waals surface area contributed by atoms with Crippen molar-refractivity contribution < 1.29 is 0 Å². The molecule has 0 saturated heterocycles. The van der Waals surface area contributed by atoms with E-state index in [9.17, 15) is 0 Å². The third kappa shape index (κ3) is 3.70. The molecule has 0 fully saturated rings. The maximum atomic E-state index is 6.32. The molecule has 2 N–H and O–H groups in total. The molecule has 0 bridgehead atoms. The third-order valence-corrected chi connectivity index (χ3v) is 4.26. The van der Waals surface area contributed by atoms with E-state index in [4.69, 9.17) is 5.73 Å². The number of nitrogens with two attached hydrogens (primary N) is 1. The molecule has 4 heteroatoms. The van der Waals surface area contributed by atoms with Crippen LogP contribution in [0.4, 0.5) is 0 Å². The number of aromatic nitrogens is 2. The van der Waals surface area contributed by atoms with E-state index in [-0.39, 0.29) is 6.04 Å². The molecule has 1 atom stereocenters. The molecule has 0 aliphatic carbocycles. The van der Waals surface area contributed by atoms with Gasteiger partial charge in [-0.2, -0.15) is 5.10 Å². The van der Waals surface area contributed by atoms with Crippen molar-refractivity contribution in [2.24, 2.45) is 5.73 Å². The van der Waals surface area contributed by atoms with Crippen LogP contribution in [-0.4, -0.2) is 15.8 Å². The highest BCUT2D eigenvalue weighted by molar-refractivity contribution is 9.10. The van der Waals surface area contributed by atoms with E-state index < -0.39 is 0 Å². The number of nitrogens with zero attached hydrogens (tertiary/aromatic N) is 2. The summed E-state index contributed by atoms with van der Waals surface area (Å²) in [7, 11) is 0. The molecule has 0 aliphatic rings. The normalized spacial score (nSPS) is 12.6. The highest BCUT2D eigenvalue weighted by atomic mass is 79.9. The zero-order chi connectivity index (χ0) is 14.5. The van der Waals surface area contributed by atoms with Crippen LogP contribution in [0.25, 0.3) is 0 Å². The van der Waals surface area contributed by atoms with Crippen LogP contribution in [0.2, 0.25) is 0 Å². The van der Waals surface area contributed by atoms with Crippen LogP contribution in [0.15, 0.2) is 34.8 Å². The maximum Gasteiger partial charge on any atom is 0.0624 e. The van der Waals surface area contributed by atoms with Gasteiger partial charge in [0.05, 0.1) is 5.69 Å². The second-order valence-corrected chi connectivity index (χ2v) is 5.91. The fourth-order valence-electron chi connectivity index (χ4n) is 2.41. The zero-order valence-corrected chi connectivity index (χ0v) is 13.7. The van der Waals surface area contributed by atoms with Crippen molar-refractivity contribution >= 4 is 15.9 Å². The molecule has 1 aromatic carbocycles. The van der Waals surface area contributed by atoms with Gasteiger partial charge < -0.3 is 5.73 Å². The highest BCUT2D eigenvalue weighted by Crippen LogP contribution is 2.18. The SMILES string of the molecule is CCc1cc(CC(N)Cc2ccccc2Br)n(CC)n1. The topological polar surface area (TPSA) is 43.8 Å². The molecule has 2 aromatic rings. The summed E-state index contributed by atoms with van der Waals surface area (Å²) in [6.07, 6.45) is 2.71. The molecular weight excluding hydrogens is 314 g/mol. The minimum Gasteiger partial charge on any atom is -0.327 e. The monoisotopic (exact) mass is 335 g/mol. The van der Waals surface area contributed by atoms with E-state index in [2.05, 4.69) is 63.8 Å². The molecule has 3 nitrogen and oxygen atoms in total. The van der Waals surface area contributed by atoms with Gasteiger partial charge in [0.1, 0.15) is 0 Å². The van der Waals surface area contributed by atoms with Crippen LogP contribution in [-0.2, 0) is 25.8 Å². The Kier molecular flexibility index (Phi) is 5.38. The van der Waals surface area contributed by atoms with Crippen LogP contribution >= 0.6 is 15.9 Å². The Balaban J connectivity index is 2.06. The van der Waals surface area contributed by atoms with Gasteiger partial charge in [-0.15, -0.1) is 0 Å². The molecule has 1 unspecified atom stereocenters. The van der Waals surface area contributed by atoms with Gasteiger partial charge >= 0.3 is 0 Å². The number of benzene rings is 1. The van der Waals surface area contributed by atoms with Gasteiger partial charge in [0.2, 0.25) is 0 Å². The summed E-state index contributed by atoms with van der Waals surface area (Å²) in [4.78, 5) is 0. The molecule has 2 rings (SSSR count). The van der Waals surface area contributed by atoms with Gasteiger partial charge in [0.15, 0.2) is 0 Å². The summed E-state index contributed by atoms with van der Waals surface area (Å²) in [5, 5.41) is 4.58. The van der Waals surface area contributed by atoms with Crippen molar-refractivity contribution in [2.75, 3.05) is 0 Å². The second kappa shape index (κ2) is 7.04. The Bertz CT molecular complexity index is 563. The summed E-state index contributed by atoms with van der Waals surface area (Å²) < 4.78 is 3.20. The van der Waals surface area contributed by atoms with Crippen LogP contribution in [0.5, 0.6) is 0 Å². The van der Waals surface area contributed by atoms with Crippen molar-refractivity contribution in [2.45, 2.75) is 45.7 Å². The molecule has 20 heavy (non-hydrogen) atoms. The van der Waals surface area contributed by atoms with Gasteiger partial charge in [0, 0.05) is 29.2 Å². The van der Waals surface area contributed by atoms with Gasteiger partial charge in [0.25, 0.3) is 0 Å². The van der Waals surface area contributed by atoms with Gasteiger partial charge in [-0.3, -0.25) is 4.68 Å². The minimum absolute atomic E-state index is 0.111. The molecule has 0 amide bonds. The first-order valence-electron chi connectivity index (χ1n) is 7.18. The lowest BCUT2D eigenvalue weighted by molar-refractivity contribution is 0.572. The minimum atomic E-state index is 0.111. The fraction of sp³-hybridized carbons (Fsp3) is 0.438. The van der Waals surface area contributed by atoms with E-state index in [0.717, 1.165) is 36.0 Å². The Morgan fingerprint density at radius 1 is 1.25 bits per heavy atom. The molecule has 108 valence electrons. The van der Waals surface area contributed by atoms with Crippen molar-refractivity contribution in [1.82, 2.24) is 9.78 Å². The first kappa shape index (κ1) is 15.3. The number of hydrogen-bond acceptors (Lipinski definition) is 2. The molecule has 0 saturated carbocycles. The van der Waals surface area contributed by atoms with Crippen LogP contribution in [0.3, 0.4) is 0 Å². The second-order valence-electron chi connectivity index (χ2n) is 5.06. The quantitative estimate of drug-likeness (QED) is 0.879. The van der Waals surface area contributed by atoms with Gasteiger partial charge in [-0.25, -0.2) is 0 Å². The Labute approximate surface area is 129 Å². The summed E-state index contributed by atoms with van der Waals surface area (Å²) in [6.45, 7) is 5.15. The lowest BCUT2D eigenvalue weighted by Crippen LogP contribution is -2.27. The lowest BCUT2D eigenvalue weighted by atomic mass is 10.0. The number of halogens is 1. The summed E-state index contributed by atoms with van der Waals surface area (Å²) in [5.41, 5.74) is 9.97. The lowest BCUT2D eigenvalue weighted by Gasteiger charge is -2.13. The summed E-state index contributed by atoms with van der Waals surface area (Å²) >= 11 is 3.58. The molecule has 0 aliphatic heterocycles. The predicted molar refractivity (Wildman–Crippen MR) is 86.8 cm³/mol.